The second-order valence-electron chi connectivity index (χ2n) is 9.17. The Morgan fingerprint density at radius 3 is 2.76 bits per heavy atom. The maximum Gasteiger partial charge on any atom is 0.255 e. The smallest absolute Gasteiger partial charge is 0.255 e. The topological polar surface area (TPSA) is 95.9 Å². The second-order valence-corrected chi connectivity index (χ2v) is 9.17. The first-order chi connectivity index (χ1) is 16.2. The molecule has 3 atom stereocenters. The number of likely N-dealkylation sites (tertiary alicyclic amines) is 1. The molecule has 1 aromatic rings. The van der Waals surface area contributed by atoms with Crippen molar-refractivity contribution < 1.29 is 33.0 Å². The van der Waals surface area contributed by atoms with Crippen LogP contribution in [0.1, 0.15) is 31.7 Å². The Kier molecular flexibility index (Phi) is 6.58. The number of ketones is 1. The molecule has 0 bridgehead atoms. The van der Waals surface area contributed by atoms with Crippen LogP contribution in [0.2, 0.25) is 0 Å². The summed E-state index contributed by atoms with van der Waals surface area (Å²) in [5.41, 5.74) is -0.431. The summed E-state index contributed by atoms with van der Waals surface area (Å²) >= 11 is 0. The van der Waals surface area contributed by atoms with Gasteiger partial charge in [0.1, 0.15) is 11.6 Å². The van der Waals surface area contributed by atoms with Crippen molar-refractivity contribution in [2.24, 2.45) is 17.3 Å². The Hall–Kier alpha value is -3.07. The number of amides is 2. The fourth-order valence-electron chi connectivity index (χ4n) is 5.41. The maximum atomic E-state index is 13.9. The molecule has 2 N–H and O–H groups in total. The van der Waals surface area contributed by atoms with Crippen molar-refractivity contribution in [2.75, 3.05) is 26.8 Å². The van der Waals surface area contributed by atoms with Gasteiger partial charge in [-0.15, -0.1) is 0 Å². The third kappa shape index (κ3) is 4.13. The van der Waals surface area contributed by atoms with E-state index in [1.54, 1.807) is 12.0 Å². The van der Waals surface area contributed by atoms with Crippen molar-refractivity contribution in [1.82, 2.24) is 10.2 Å². The number of carbonyl (C=O) groups is 3. The number of likely N-dealkylation sites (N-methyl/N-ethyl adjacent to an activating group) is 1. The number of piperidine rings is 1. The molecular weight excluding hydrogens is 446 g/mol. The minimum atomic E-state index is -0.929. The van der Waals surface area contributed by atoms with E-state index in [-0.39, 0.29) is 46.4 Å². The molecule has 1 spiro atoms. The number of carbonyl (C=O) groups excluding carboxylic acids is 3. The van der Waals surface area contributed by atoms with E-state index in [9.17, 15) is 28.3 Å². The molecule has 2 amide bonds. The van der Waals surface area contributed by atoms with Gasteiger partial charge in [0.2, 0.25) is 5.78 Å². The zero-order valence-electron chi connectivity index (χ0n) is 19.2. The highest BCUT2D eigenvalue weighted by Crippen LogP contribution is 2.63. The van der Waals surface area contributed by atoms with E-state index in [0.717, 1.165) is 12.5 Å². The molecule has 0 aromatic heterocycles. The number of nitrogens with one attached hydrogen (secondary N) is 1. The number of aliphatic hydroxyl groups is 1. The maximum absolute atomic E-state index is 13.9. The Morgan fingerprint density at radius 2 is 2.09 bits per heavy atom. The van der Waals surface area contributed by atoms with Gasteiger partial charge in [-0.05, 0) is 38.2 Å². The molecule has 1 saturated heterocycles. The summed E-state index contributed by atoms with van der Waals surface area (Å²) in [6.45, 7) is 3.10. The van der Waals surface area contributed by atoms with Crippen LogP contribution in [0.3, 0.4) is 0 Å². The van der Waals surface area contributed by atoms with E-state index in [1.807, 2.05) is 6.92 Å². The van der Waals surface area contributed by atoms with Crippen LogP contribution in [0.4, 0.5) is 8.78 Å². The Labute approximate surface area is 196 Å². The van der Waals surface area contributed by atoms with Crippen molar-refractivity contribution >= 4 is 17.6 Å². The van der Waals surface area contributed by atoms with Gasteiger partial charge in [-0.2, -0.15) is 0 Å². The molecule has 0 radical (unpaired) electrons. The standard InChI is InChI=1S/C25H28F2N2O5/c1-3-29-13-25(10-15(25)12-34-2)18-6-4-5-17(21(30)22(31)20(18)24(29)33)23(32)28-11-14-7-8-16(26)9-19(14)27/h5,7-9,15,18,31H,3-4,6,10-13H2,1-2H3,(H,28,32)/b17-5+,22-20?/t15-,18?,25-/m0/s1. The lowest BCUT2D eigenvalue weighted by atomic mass is 9.72. The van der Waals surface area contributed by atoms with Crippen LogP contribution in [0, 0.1) is 28.9 Å². The van der Waals surface area contributed by atoms with Gasteiger partial charge in [-0.25, -0.2) is 8.78 Å². The quantitative estimate of drug-likeness (QED) is 0.619. The van der Waals surface area contributed by atoms with Gasteiger partial charge in [0.25, 0.3) is 11.8 Å². The summed E-state index contributed by atoms with van der Waals surface area (Å²) in [6, 6.07) is 2.98. The predicted molar refractivity (Wildman–Crippen MR) is 118 cm³/mol. The van der Waals surface area contributed by atoms with Crippen molar-refractivity contribution in [3.8, 4) is 0 Å². The van der Waals surface area contributed by atoms with E-state index in [4.69, 9.17) is 4.74 Å². The molecule has 1 heterocycles. The predicted octanol–water partition coefficient (Wildman–Crippen LogP) is 2.81. The fourth-order valence-corrected chi connectivity index (χ4v) is 5.41. The number of nitrogens with zero attached hydrogens (tertiary/aromatic N) is 1. The van der Waals surface area contributed by atoms with Crippen LogP contribution in [0.15, 0.2) is 41.2 Å². The number of benzene rings is 1. The molecule has 1 unspecified atom stereocenters. The molecule has 7 nitrogen and oxygen atoms in total. The molecule has 2 fully saturated rings. The molecule has 4 rings (SSSR count). The lowest BCUT2D eigenvalue weighted by molar-refractivity contribution is -0.133. The van der Waals surface area contributed by atoms with Gasteiger partial charge < -0.3 is 20.1 Å². The lowest BCUT2D eigenvalue weighted by Gasteiger charge is -2.41. The molecule has 3 aliphatic rings. The summed E-state index contributed by atoms with van der Waals surface area (Å²) in [6.07, 6.45) is 3.16. The van der Waals surface area contributed by atoms with E-state index in [2.05, 4.69) is 5.32 Å². The number of allylic oxidation sites excluding steroid dienone is 2. The molecule has 9 heteroatoms. The third-order valence-corrected chi connectivity index (χ3v) is 7.29. The van der Waals surface area contributed by atoms with E-state index < -0.39 is 29.1 Å². The molecule has 1 saturated carbocycles. The van der Waals surface area contributed by atoms with Crippen molar-refractivity contribution in [3.05, 3.63) is 58.4 Å². The molecular formula is C25H28F2N2O5. The number of rotatable bonds is 6. The second kappa shape index (κ2) is 9.29. The number of methoxy groups -OCH3 is 1. The number of hydrogen-bond acceptors (Lipinski definition) is 5. The minimum Gasteiger partial charge on any atom is -0.504 e. The van der Waals surface area contributed by atoms with Crippen molar-refractivity contribution in [1.29, 1.82) is 0 Å². The highest BCUT2D eigenvalue weighted by atomic mass is 19.1. The first kappa shape index (κ1) is 24.1. The Balaban J connectivity index is 1.59. The molecule has 1 aromatic carbocycles. The average Bonchev–Trinajstić information content (AvgIpc) is 3.48. The Morgan fingerprint density at radius 1 is 1.32 bits per heavy atom. The highest BCUT2D eigenvalue weighted by Gasteiger charge is 2.64. The number of halogens is 2. The molecule has 2 aliphatic carbocycles. The van der Waals surface area contributed by atoms with Gasteiger partial charge in [0.05, 0.1) is 11.1 Å². The van der Waals surface area contributed by atoms with E-state index in [0.29, 0.717) is 38.6 Å². The molecule has 34 heavy (non-hydrogen) atoms. The molecule has 1 aliphatic heterocycles. The van der Waals surface area contributed by atoms with Crippen molar-refractivity contribution in [3.63, 3.8) is 0 Å². The lowest BCUT2D eigenvalue weighted by Crippen LogP contribution is -2.49. The number of fused-ring (bicyclic) bond motifs is 2. The van der Waals surface area contributed by atoms with Crippen LogP contribution in [0.25, 0.3) is 0 Å². The summed E-state index contributed by atoms with van der Waals surface area (Å²) < 4.78 is 32.3. The SMILES string of the molecule is CCN1C[C@]2(C[C@H]2COC)C2CC/C=C(/C(=O)NCc3ccc(F)cc3F)C(=O)C(O)=C2C1=O. The zero-order chi connectivity index (χ0) is 24.6. The number of Topliss-reactive ketones (excluding diaryl/α,β-unsaturated/α-hetero) is 1. The monoisotopic (exact) mass is 474 g/mol. The van der Waals surface area contributed by atoms with Crippen LogP contribution >= 0.6 is 0 Å². The van der Waals surface area contributed by atoms with Crippen LogP contribution in [0.5, 0.6) is 0 Å². The number of ether oxygens (including phenoxy) is 1. The summed E-state index contributed by atoms with van der Waals surface area (Å²) in [5, 5.41) is 13.4. The fraction of sp³-hybridized carbons (Fsp3) is 0.480. The van der Waals surface area contributed by atoms with E-state index in [1.165, 1.54) is 12.1 Å². The largest absolute Gasteiger partial charge is 0.504 e. The van der Waals surface area contributed by atoms with Gasteiger partial charge in [-0.1, -0.05) is 12.1 Å². The Bertz CT molecular complexity index is 1100. The van der Waals surface area contributed by atoms with Crippen molar-refractivity contribution in [2.45, 2.75) is 32.7 Å². The summed E-state index contributed by atoms with van der Waals surface area (Å²) in [5.74, 6) is -4.46. The van der Waals surface area contributed by atoms with E-state index >= 15 is 0 Å². The number of hydrogen-bond donors (Lipinski definition) is 2. The zero-order valence-corrected chi connectivity index (χ0v) is 19.2. The first-order valence-corrected chi connectivity index (χ1v) is 11.4. The van der Waals surface area contributed by atoms with Gasteiger partial charge in [-0.3, -0.25) is 14.4 Å². The normalized spacial score (nSPS) is 28.2. The summed E-state index contributed by atoms with van der Waals surface area (Å²) in [7, 11) is 1.62. The van der Waals surface area contributed by atoms with Crippen LogP contribution in [-0.2, 0) is 25.7 Å². The highest BCUT2D eigenvalue weighted by molar-refractivity contribution is 6.26. The molecule has 182 valence electrons. The van der Waals surface area contributed by atoms with Gasteiger partial charge in [0, 0.05) is 56.3 Å². The van der Waals surface area contributed by atoms with Crippen LogP contribution < -0.4 is 5.32 Å². The number of aliphatic hydroxyl groups excluding tert-OH is 1. The van der Waals surface area contributed by atoms with Gasteiger partial charge >= 0.3 is 0 Å². The minimum absolute atomic E-state index is 0.0530. The average molecular weight is 475 g/mol. The third-order valence-electron chi connectivity index (χ3n) is 7.29. The van der Waals surface area contributed by atoms with Gasteiger partial charge in [0.15, 0.2) is 5.76 Å². The first-order valence-electron chi connectivity index (χ1n) is 11.4. The van der Waals surface area contributed by atoms with Crippen LogP contribution in [-0.4, -0.2) is 54.4 Å². The summed E-state index contributed by atoms with van der Waals surface area (Å²) in [4.78, 5) is 40.7.